The number of carbonyl (C=O) groups is 1. The van der Waals surface area contributed by atoms with Crippen LogP contribution in [0.5, 0.6) is 11.5 Å². The molecular weight excluding hydrogens is 242 g/mol. The Morgan fingerprint density at radius 1 is 1.32 bits per heavy atom. The monoisotopic (exact) mass is 259 g/mol. The zero-order valence-corrected chi connectivity index (χ0v) is 11.6. The molecule has 0 amide bonds. The average Bonchev–Trinajstić information content (AvgIpc) is 2.43. The van der Waals surface area contributed by atoms with Gasteiger partial charge in [-0.05, 0) is 12.1 Å². The van der Waals surface area contributed by atoms with Gasteiger partial charge in [0.15, 0.2) is 17.3 Å². The molecule has 0 saturated carbocycles. The molecule has 0 aliphatic rings. The summed E-state index contributed by atoms with van der Waals surface area (Å²) < 4.78 is 10.4. The van der Waals surface area contributed by atoms with Crippen molar-refractivity contribution in [3.8, 4) is 17.6 Å². The number of nitrogens with zero attached hydrogens (tertiary/aromatic N) is 1. The smallest absolute Gasteiger partial charge is 0.175 e. The molecule has 0 radical (unpaired) electrons. The highest BCUT2D eigenvalue weighted by atomic mass is 16.5. The fourth-order valence-corrected chi connectivity index (χ4v) is 1.65. The first kappa shape index (κ1) is 14.8. The molecule has 0 fully saturated rings. The largest absolute Gasteiger partial charge is 0.493 e. The Morgan fingerprint density at radius 3 is 2.47 bits per heavy atom. The minimum absolute atomic E-state index is 0.113. The number of hydrogen-bond donors (Lipinski definition) is 0. The van der Waals surface area contributed by atoms with E-state index < -0.39 is 0 Å². The van der Waals surface area contributed by atoms with Crippen molar-refractivity contribution in [2.45, 2.75) is 13.8 Å². The van der Waals surface area contributed by atoms with Crippen molar-refractivity contribution in [1.82, 2.24) is 0 Å². The molecule has 0 N–H and O–H groups in total. The maximum Gasteiger partial charge on any atom is 0.175 e. The second-order valence-corrected chi connectivity index (χ2v) is 4.27. The lowest BCUT2D eigenvalue weighted by Gasteiger charge is -2.10. The summed E-state index contributed by atoms with van der Waals surface area (Å²) in [6, 6.07) is 7.24. The molecule has 100 valence electrons. The molecule has 0 spiro atoms. The third kappa shape index (κ3) is 3.35. The predicted octanol–water partition coefficient (Wildman–Crippen LogP) is 2.84. The van der Waals surface area contributed by atoms with E-state index in [1.807, 2.05) is 6.07 Å². The van der Waals surface area contributed by atoms with Crippen LogP contribution in [0, 0.1) is 17.2 Å². The fourth-order valence-electron chi connectivity index (χ4n) is 1.65. The van der Waals surface area contributed by atoms with Gasteiger partial charge in [0.2, 0.25) is 0 Å². The number of ketones is 1. The van der Waals surface area contributed by atoms with Gasteiger partial charge >= 0.3 is 0 Å². The maximum absolute atomic E-state index is 11.9. The van der Waals surface area contributed by atoms with Crippen molar-refractivity contribution in [1.29, 1.82) is 5.26 Å². The van der Waals surface area contributed by atoms with Gasteiger partial charge in [-0.25, -0.2) is 0 Å². The van der Waals surface area contributed by atoms with Gasteiger partial charge in [-0.1, -0.05) is 26.0 Å². The molecule has 0 aromatic heterocycles. The van der Waals surface area contributed by atoms with Crippen molar-refractivity contribution in [2.75, 3.05) is 14.2 Å². The Balaban J connectivity index is 3.31. The van der Waals surface area contributed by atoms with Crippen molar-refractivity contribution < 1.29 is 14.3 Å². The molecule has 1 aromatic rings. The summed E-state index contributed by atoms with van der Waals surface area (Å²) in [5.74, 6) is 0.662. The number of ether oxygens (including phenoxy) is 2. The first-order valence-electron chi connectivity index (χ1n) is 5.92. The molecule has 0 bridgehead atoms. The van der Waals surface area contributed by atoms with Crippen LogP contribution >= 0.6 is 0 Å². The zero-order chi connectivity index (χ0) is 14.4. The number of methoxy groups -OCH3 is 2. The molecule has 19 heavy (non-hydrogen) atoms. The molecule has 0 unspecified atom stereocenters. The molecule has 1 aromatic carbocycles. The zero-order valence-electron chi connectivity index (χ0n) is 11.6. The van der Waals surface area contributed by atoms with Crippen molar-refractivity contribution in [3.63, 3.8) is 0 Å². The van der Waals surface area contributed by atoms with Crippen LogP contribution in [0.25, 0.3) is 6.08 Å². The van der Waals surface area contributed by atoms with Crippen molar-refractivity contribution in [3.05, 3.63) is 29.3 Å². The average molecular weight is 259 g/mol. The first-order chi connectivity index (χ1) is 9.04. The van der Waals surface area contributed by atoms with Gasteiger partial charge in [-0.3, -0.25) is 4.79 Å². The minimum atomic E-state index is -0.220. The molecule has 4 heteroatoms. The lowest BCUT2D eigenvalue weighted by Crippen LogP contribution is -2.09. The Morgan fingerprint density at radius 2 is 2.00 bits per heavy atom. The number of benzene rings is 1. The van der Waals surface area contributed by atoms with Gasteiger partial charge in [-0.2, -0.15) is 5.26 Å². The maximum atomic E-state index is 11.9. The number of para-hydroxylation sites is 1. The van der Waals surface area contributed by atoms with Crippen molar-refractivity contribution >= 4 is 11.9 Å². The SMILES string of the molecule is COc1cccc(C=C(C#N)C(=O)C(C)C)c1OC. The molecule has 1 rings (SSSR count). The van der Waals surface area contributed by atoms with E-state index in [0.717, 1.165) is 0 Å². The standard InChI is InChI=1S/C15H17NO3/c1-10(2)14(17)12(9-16)8-11-6-5-7-13(18-3)15(11)19-4/h5-8,10H,1-4H3. The number of carbonyl (C=O) groups excluding carboxylic acids is 1. The summed E-state index contributed by atoms with van der Waals surface area (Å²) in [5, 5.41) is 9.09. The lowest BCUT2D eigenvalue weighted by molar-refractivity contribution is -0.117. The van der Waals surface area contributed by atoms with E-state index >= 15 is 0 Å². The molecule has 0 heterocycles. The quantitative estimate of drug-likeness (QED) is 0.602. The van der Waals surface area contributed by atoms with E-state index in [-0.39, 0.29) is 17.3 Å². The van der Waals surface area contributed by atoms with Gasteiger partial charge in [0.1, 0.15) is 6.07 Å². The second-order valence-electron chi connectivity index (χ2n) is 4.27. The second kappa shape index (κ2) is 6.60. The summed E-state index contributed by atoms with van der Waals surface area (Å²) in [5.41, 5.74) is 0.758. The van der Waals surface area contributed by atoms with Gasteiger partial charge in [0.05, 0.1) is 19.8 Å². The van der Waals surface area contributed by atoms with Crippen molar-refractivity contribution in [2.24, 2.45) is 5.92 Å². The Kier molecular flexibility index (Phi) is 5.13. The predicted molar refractivity (Wildman–Crippen MR) is 73.0 cm³/mol. The van der Waals surface area contributed by atoms with Crippen LogP contribution in [0.3, 0.4) is 0 Å². The highest BCUT2D eigenvalue weighted by molar-refractivity contribution is 6.04. The van der Waals surface area contributed by atoms with E-state index in [4.69, 9.17) is 14.7 Å². The third-order valence-corrected chi connectivity index (χ3v) is 2.64. The molecule has 0 saturated heterocycles. The van der Waals surface area contributed by atoms with Crippen LogP contribution in [0.4, 0.5) is 0 Å². The molecule has 0 aliphatic carbocycles. The Labute approximate surface area is 113 Å². The summed E-state index contributed by atoms with van der Waals surface area (Å²) in [6.07, 6.45) is 1.53. The van der Waals surface area contributed by atoms with Crippen LogP contribution in [0.15, 0.2) is 23.8 Å². The Bertz CT molecular complexity index is 539. The number of allylic oxidation sites excluding steroid dienone is 1. The van der Waals surface area contributed by atoms with Gasteiger partial charge in [0, 0.05) is 11.5 Å². The highest BCUT2D eigenvalue weighted by Gasteiger charge is 2.15. The first-order valence-corrected chi connectivity index (χ1v) is 5.92. The van der Waals surface area contributed by atoms with E-state index in [1.54, 1.807) is 32.0 Å². The van der Waals surface area contributed by atoms with Gasteiger partial charge < -0.3 is 9.47 Å². The van der Waals surface area contributed by atoms with E-state index in [0.29, 0.717) is 17.1 Å². The number of nitriles is 1. The molecular formula is C15H17NO3. The van der Waals surface area contributed by atoms with E-state index in [1.165, 1.54) is 20.3 Å². The van der Waals surface area contributed by atoms with Crippen LogP contribution in [-0.2, 0) is 4.79 Å². The number of rotatable bonds is 5. The topological polar surface area (TPSA) is 59.3 Å². The summed E-state index contributed by atoms with van der Waals surface area (Å²) in [7, 11) is 3.06. The summed E-state index contributed by atoms with van der Waals surface area (Å²) in [6.45, 7) is 3.52. The van der Waals surface area contributed by atoms with Crippen LogP contribution in [0.1, 0.15) is 19.4 Å². The van der Waals surface area contributed by atoms with E-state index in [2.05, 4.69) is 0 Å². The molecule has 0 aliphatic heterocycles. The van der Waals surface area contributed by atoms with Crippen LogP contribution in [0.2, 0.25) is 0 Å². The third-order valence-electron chi connectivity index (χ3n) is 2.64. The fraction of sp³-hybridized carbons (Fsp3) is 0.333. The summed E-state index contributed by atoms with van der Waals surface area (Å²) >= 11 is 0. The Hall–Kier alpha value is -2.28. The normalized spacial score (nSPS) is 11.1. The number of hydrogen-bond acceptors (Lipinski definition) is 4. The molecule has 4 nitrogen and oxygen atoms in total. The van der Waals surface area contributed by atoms with Gasteiger partial charge in [0.25, 0.3) is 0 Å². The highest BCUT2D eigenvalue weighted by Crippen LogP contribution is 2.32. The van der Waals surface area contributed by atoms with Crippen LogP contribution < -0.4 is 9.47 Å². The van der Waals surface area contributed by atoms with Gasteiger partial charge in [-0.15, -0.1) is 0 Å². The van der Waals surface area contributed by atoms with E-state index in [9.17, 15) is 4.79 Å². The summed E-state index contributed by atoms with van der Waals surface area (Å²) in [4.78, 5) is 11.9. The molecule has 0 atom stereocenters. The van der Waals surface area contributed by atoms with Crippen LogP contribution in [-0.4, -0.2) is 20.0 Å². The number of Topliss-reactive ketones (excluding diaryl/α,β-unsaturated/α-hetero) is 1. The minimum Gasteiger partial charge on any atom is -0.493 e. The lowest BCUT2D eigenvalue weighted by atomic mass is 9.99.